The lowest BCUT2D eigenvalue weighted by Crippen LogP contribution is -2.21. The third kappa shape index (κ3) is 4.80. The van der Waals surface area contributed by atoms with Gasteiger partial charge in [-0.1, -0.05) is 17.7 Å². The third-order valence-electron chi connectivity index (χ3n) is 4.78. The molecule has 3 rings (SSSR count). The molecule has 4 N–H and O–H groups in total. The molecule has 0 bridgehead atoms. The third-order valence-corrected chi connectivity index (χ3v) is 7.15. The highest BCUT2D eigenvalue weighted by atomic mass is 35.5. The minimum Gasteiger partial charge on any atom is -0.504 e. The van der Waals surface area contributed by atoms with E-state index in [2.05, 4.69) is 16.0 Å². The molecular formula is C19H21ClFN3O4S. The number of aromatic hydroxyl groups is 1. The van der Waals surface area contributed by atoms with Crippen molar-refractivity contribution in [2.75, 3.05) is 29.5 Å². The van der Waals surface area contributed by atoms with Crippen LogP contribution in [0.4, 0.5) is 20.6 Å². The Kier molecular flexibility index (Phi) is 6.30. The molecule has 1 fully saturated rings. The molecule has 7 nitrogen and oxygen atoms in total. The maximum absolute atomic E-state index is 13.6. The molecule has 0 spiro atoms. The smallest absolute Gasteiger partial charge is 0.323 e. The van der Waals surface area contributed by atoms with Crippen LogP contribution in [0.15, 0.2) is 35.2 Å². The van der Waals surface area contributed by atoms with E-state index in [0.29, 0.717) is 13.0 Å². The number of hydrogen-bond acceptors (Lipinski definition) is 5. The van der Waals surface area contributed by atoms with E-state index < -0.39 is 32.3 Å². The number of urea groups is 1. The molecule has 1 heterocycles. The number of sulfone groups is 1. The summed E-state index contributed by atoms with van der Waals surface area (Å²) in [6.45, 7) is 2.82. The molecule has 0 radical (unpaired) electrons. The molecular weight excluding hydrogens is 421 g/mol. The van der Waals surface area contributed by atoms with E-state index in [1.807, 2.05) is 0 Å². The molecule has 2 amide bonds. The fourth-order valence-corrected chi connectivity index (χ4v) is 5.56. The predicted molar refractivity (Wildman–Crippen MR) is 110 cm³/mol. The zero-order valence-corrected chi connectivity index (χ0v) is 17.2. The summed E-state index contributed by atoms with van der Waals surface area (Å²) in [5.74, 6) is -1.35. The van der Waals surface area contributed by atoms with Crippen LogP contribution in [-0.4, -0.2) is 38.4 Å². The molecule has 0 saturated carbocycles. The first kappa shape index (κ1) is 21.4. The van der Waals surface area contributed by atoms with Crippen molar-refractivity contribution in [3.63, 3.8) is 0 Å². The second kappa shape index (κ2) is 8.56. The van der Waals surface area contributed by atoms with Crippen LogP contribution in [0.5, 0.6) is 5.75 Å². The topological polar surface area (TPSA) is 108 Å². The van der Waals surface area contributed by atoms with Crippen LogP contribution in [0.2, 0.25) is 5.02 Å². The summed E-state index contributed by atoms with van der Waals surface area (Å²) >= 11 is 6.05. The first-order chi connectivity index (χ1) is 13.7. The number of benzene rings is 2. The van der Waals surface area contributed by atoms with Gasteiger partial charge in [-0.3, -0.25) is 0 Å². The number of nitrogens with one attached hydrogen (secondary N) is 3. The van der Waals surface area contributed by atoms with Gasteiger partial charge < -0.3 is 21.1 Å². The Balaban J connectivity index is 1.82. The number of hydrogen-bond donors (Lipinski definition) is 4. The summed E-state index contributed by atoms with van der Waals surface area (Å²) in [6.07, 6.45) is 0.713. The van der Waals surface area contributed by atoms with Crippen LogP contribution in [0.1, 0.15) is 12.0 Å². The van der Waals surface area contributed by atoms with Crippen molar-refractivity contribution >= 4 is 38.8 Å². The lowest BCUT2D eigenvalue weighted by Gasteiger charge is -2.16. The minimum absolute atomic E-state index is 0.0775. The lowest BCUT2D eigenvalue weighted by molar-refractivity contribution is 0.262. The van der Waals surface area contributed by atoms with Crippen LogP contribution in [0, 0.1) is 18.7 Å². The van der Waals surface area contributed by atoms with Gasteiger partial charge in [0.05, 0.1) is 16.5 Å². The lowest BCUT2D eigenvalue weighted by atomic mass is 10.2. The standard InChI is InChI=1S/C19H21ClFN3O4S/c1-11-14(21)3-2-4-15(11)23-19(26)24-16-6-5-13(20)18(17(16)25)29(27,28)10-12-7-8-22-9-12/h2-6,12,22,25H,7-10H2,1H3,(H2,23,24,26). The van der Waals surface area contributed by atoms with Gasteiger partial charge in [-0.15, -0.1) is 0 Å². The Hall–Kier alpha value is -2.36. The number of phenolic OH excluding ortho intramolecular Hbond substituents is 1. The van der Waals surface area contributed by atoms with Gasteiger partial charge in [-0.05, 0) is 56.6 Å². The Morgan fingerprint density at radius 1 is 1.28 bits per heavy atom. The Labute approximate surface area is 173 Å². The van der Waals surface area contributed by atoms with Gasteiger partial charge in [0.1, 0.15) is 10.7 Å². The van der Waals surface area contributed by atoms with E-state index in [1.165, 1.54) is 37.3 Å². The molecule has 1 aliphatic heterocycles. The van der Waals surface area contributed by atoms with E-state index in [-0.39, 0.29) is 33.6 Å². The second-order valence-electron chi connectivity index (χ2n) is 6.90. The number of amides is 2. The molecule has 0 aliphatic carbocycles. The summed E-state index contributed by atoms with van der Waals surface area (Å²) < 4.78 is 39.2. The predicted octanol–water partition coefficient (Wildman–Crippen LogP) is 3.52. The summed E-state index contributed by atoms with van der Waals surface area (Å²) in [4.78, 5) is 11.9. The molecule has 0 aromatic heterocycles. The van der Waals surface area contributed by atoms with Crippen molar-refractivity contribution in [3.8, 4) is 5.75 Å². The number of phenols is 1. The molecule has 29 heavy (non-hydrogen) atoms. The largest absolute Gasteiger partial charge is 0.504 e. The number of carbonyl (C=O) groups excluding carboxylic acids is 1. The molecule has 1 saturated heterocycles. The van der Waals surface area contributed by atoms with Gasteiger partial charge >= 0.3 is 6.03 Å². The fraction of sp³-hybridized carbons (Fsp3) is 0.316. The van der Waals surface area contributed by atoms with Crippen LogP contribution >= 0.6 is 11.6 Å². The van der Waals surface area contributed by atoms with E-state index in [1.54, 1.807) is 0 Å². The molecule has 1 unspecified atom stereocenters. The minimum atomic E-state index is -3.88. The fourth-order valence-electron chi connectivity index (χ4n) is 3.21. The molecule has 156 valence electrons. The van der Waals surface area contributed by atoms with E-state index in [4.69, 9.17) is 11.6 Å². The van der Waals surface area contributed by atoms with Gasteiger partial charge in [-0.2, -0.15) is 0 Å². The Morgan fingerprint density at radius 3 is 2.69 bits per heavy atom. The molecule has 1 atom stereocenters. The van der Waals surface area contributed by atoms with Crippen molar-refractivity contribution < 1.29 is 22.7 Å². The number of halogens is 2. The molecule has 2 aromatic carbocycles. The highest BCUT2D eigenvalue weighted by Crippen LogP contribution is 2.38. The monoisotopic (exact) mass is 441 g/mol. The first-order valence-electron chi connectivity index (χ1n) is 8.97. The maximum atomic E-state index is 13.6. The van der Waals surface area contributed by atoms with Crippen LogP contribution in [0.25, 0.3) is 0 Å². The molecule has 1 aliphatic rings. The van der Waals surface area contributed by atoms with Crippen molar-refractivity contribution in [2.24, 2.45) is 5.92 Å². The van der Waals surface area contributed by atoms with Crippen LogP contribution < -0.4 is 16.0 Å². The van der Waals surface area contributed by atoms with Crippen molar-refractivity contribution in [2.45, 2.75) is 18.2 Å². The SMILES string of the molecule is Cc1c(F)cccc1NC(=O)Nc1ccc(Cl)c(S(=O)(=O)CC2CCNC2)c1O. The van der Waals surface area contributed by atoms with E-state index in [0.717, 1.165) is 6.54 Å². The zero-order chi connectivity index (χ0) is 21.2. The highest BCUT2D eigenvalue weighted by molar-refractivity contribution is 7.91. The van der Waals surface area contributed by atoms with E-state index in [9.17, 15) is 22.7 Å². The Bertz CT molecular complexity index is 1040. The normalized spacial score (nSPS) is 16.6. The van der Waals surface area contributed by atoms with Crippen molar-refractivity contribution in [1.82, 2.24) is 5.32 Å². The average molecular weight is 442 g/mol. The maximum Gasteiger partial charge on any atom is 0.323 e. The molecule has 2 aromatic rings. The molecule has 10 heteroatoms. The number of rotatable bonds is 5. The van der Waals surface area contributed by atoms with Gasteiger partial charge in [0.2, 0.25) is 0 Å². The summed E-state index contributed by atoms with van der Waals surface area (Å²) in [6, 6.07) is 6.06. The highest BCUT2D eigenvalue weighted by Gasteiger charge is 2.29. The zero-order valence-electron chi connectivity index (χ0n) is 15.6. The Morgan fingerprint density at radius 2 is 2.00 bits per heavy atom. The van der Waals surface area contributed by atoms with Crippen LogP contribution in [-0.2, 0) is 9.84 Å². The number of carbonyl (C=O) groups is 1. The van der Waals surface area contributed by atoms with Crippen molar-refractivity contribution in [3.05, 3.63) is 46.7 Å². The van der Waals surface area contributed by atoms with Crippen molar-refractivity contribution in [1.29, 1.82) is 0 Å². The summed E-state index contributed by atoms with van der Waals surface area (Å²) in [5.41, 5.74) is 0.373. The summed E-state index contributed by atoms with van der Waals surface area (Å²) in [5, 5.41) is 18.3. The van der Waals surface area contributed by atoms with Gasteiger partial charge in [-0.25, -0.2) is 17.6 Å². The number of anilines is 2. The summed E-state index contributed by atoms with van der Waals surface area (Å²) in [7, 11) is -3.88. The first-order valence-corrected chi connectivity index (χ1v) is 11.0. The average Bonchev–Trinajstić information content (AvgIpc) is 3.13. The van der Waals surface area contributed by atoms with E-state index >= 15 is 0 Å². The van der Waals surface area contributed by atoms with Gasteiger partial charge in [0, 0.05) is 11.3 Å². The quantitative estimate of drug-likeness (QED) is 0.531. The van der Waals surface area contributed by atoms with Crippen LogP contribution in [0.3, 0.4) is 0 Å². The van der Waals surface area contributed by atoms with Gasteiger partial charge in [0.15, 0.2) is 15.6 Å². The van der Waals surface area contributed by atoms with Gasteiger partial charge in [0.25, 0.3) is 0 Å². The second-order valence-corrected chi connectivity index (χ2v) is 9.28.